The van der Waals surface area contributed by atoms with Crippen molar-refractivity contribution >= 4 is 23.3 Å². The topological polar surface area (TPSA) is 94.1 Å². The Labute approximate surface area is 104 Å². The van der Waals surface area contributed by atoms with E-state index in [4.69, 9.17) is 5.84 Å². The summed E-state index contributed by atoms with van der Waals surface area (Å²) in [7, 11) is 0. The van der Waals surface area contributed by atoms with Gasteiger partial charge in [0, 0.05) is 11.8 Å². The second-order valence-electron chi connectivity index (χ2n) is 3.75. The van der Waals surface area contributed by atoms with E-state index in [2.05, 4.69) is 24.3 Å². The summed E-state index contributed by atoms with van der Waals surface area (Å²) in [6, 6.07) is 2.91. The van der Waals surface area contributed by atoms with Crippen molar-refractivity contribution in [3.8, 4) is 0 Å². The standard InChI is InChI=1S/C10H16N4O2S/c1-3-7(2)6-17-10-8(14(15)16)4-5-9(12-10)13-11/h4-5,7H,3,6,11H2,1-2H3,(H,12,13). The maximum Gasteiger partial charge on any atom is 0.301 e. The van der Waals surface area contributed by atoms with Crippen LogP contribution in [0, 0.1) is 16.0 Å². The largest absolute Gasteiger partial charge is 0.308 e. The van der Waals surface area contributed by atoms with Gasteiger partial charge in [0.15, 0.2) is 5.03 Å². The van der Waals surface area contributed by atoms with Crippen LogP contribution in [-0.4, -0.2) is 15.7 Å². The summed E-state index contributed by atoms with van der Waals surface area (Å²) in [5.74, 6) is 6.97. The van der Waals surface area contributed by atoms with E-state index >= 15 is 0 Å². The molecule has 0 aliphatic rings. The monoisotopic (exact) mass is 256 g/mol. The summed E-state index contributed by atoms with van der Waals surface area (Å²) in [5, 5.41) is 11.2. The van der Waals surface area contributed by atoms with Crippen molar-refractivity contribution in [2.24, 2.45) is 11.8 Å². The fraction of sp³-hybridized carbons (Fsp3) is 0.500. The van der Waals surface area contributed by atoms with Crippen LogP contribution in [0.25, 0.3) is 0 Å². The molecule has 0 fully saturated rings. The van der Waals surface area contributed by atoms with Crippen molar-refractivity contribution in [3.63, 3.8) is 0 Å². The number of rotatable bonds is 6. The molecular weight excluding hydrogens is 240 g/mol. The first-order valence-electron chi connectivity index (χ1n) is 5.33. The fourth-order valence-corrected chi connectivity index (χ4v) is 2.23. The molecular formula is C10H16N4O2S. The summed E-state index contributed by atoms with van der Waals surface area (Å²) in [6.07, 6.45) is 1.04. The predicted molar refractivity (Wildman–Crippen MR) is 68.9 cm³/mol. The quantitative estimate of drug-likeness (QED) is 0.351. The van der Waals surface area contributed by atoms with Gasteiger partial charge in [-0.2, -0.15) is 0 Å². The molecule has 0 amide bonds. The number of nitrogens with zero attached hydrogens (tertiary/aromatic N) is 2. The van der Waals surface area contributed by atoms with Gasteiger partial charge in [-0.15, -0.1) is 0 Å². The Hall–Kier alpha value is -1.34. The third-order valence-corrected chi connectivity index (χ3v) is 3.70. The highest BCUT2D eigenvalue weighted by Gasteiger charge is 2.17. The number of nitro groups is 1. The van der Waals surface area contributed by atoms with E-state index in [9.17, 15) is 10.1 Å². The molecule has 0 spiro atoms. The lowest BCUT2D eigenvalue weighted by Gasteiger charge is -2.08. The number of nitrogens with one attached hydrogen (secondary N) is 1. The van der Waals surface area contributed by atoms with Gasteiger partial charge in [0.2, 0.25) is 0 Å². The van der Waals surface area contributed by atoms with Crippen molar-refractivity contribution in [2.45, 2.75) is 25.3 Å². The summed E-state index contributed by atoms with van der Waals surface area (Å²) >= 11 is 1.39. The van der Waals surface area contributed by atoms with Gasteiger partial charge in [-0.25, -0.2) is 10.8 Å². The van der Waals surface area contributed by atoms with E-state index < -0.39 is 4.92 Å². The summed E-state index contributed by atoms with van der Waals surface area (Å²) in [4.78, 5) is 14.5. The fourth-order valence-electron chi connectivity index (χ4n) is 1.10. The Morgan fingerprint density at radius 3 is 2.88 bits per heavy atom. The van der Waals surface area contributed by atoms with Crippen LogP contribution in [0.4, 0.5) is 11.5 Å². The van der Waals surface area contributed by atoms with Gasteiger partial charge in [-0.1, -0.05) is 32.0 Å². The summed E-state index contributed by atoms with van der Waals surface area (Å²) in [6.45, 7) is 4.19. The first kappa shape index (κ1) is 13.7. The van der Waals surface area contributed by atoms with E-state index in [-0.39, 0.29) is 5.69 Å². The van der Waals surface area contributed by atoms with Gasteiger partial charge in [0.05, 0.1) is 4.92 Å². The number of aromatic nitrogens is 1. The third-order valence-electron chi connectivity index (χ3n) is 2.39. The average Bonchev–Trinajstić information content (AvgIpc) is 2.35. The molecule has 1 atom stereocenters. The predicted octanol–water partition coefficient (Wildman–Crippen LogP) is 2.41. The van der Waals surface area contributed by atoms with Crippen molar-refractivity contribution in [1.82, 2.24) is 4.98 Å². The molecule has 0 aromatic carbocycles. The number of nitrogen functional groups attached to an aromatic ring is 1. The molecule has 1 heterocycles. The highest BCUT2D eigenvalue weighted by molar-refractivity contribution is 7.99. The SMILES string of the molecule is CCC(C)CSc1nc(NN)ccc1[N+](=O)[O-]. The number of anilines is 1. The van der Waals surface area contributed by atoms with Crippen LogP contribution in [0.5, 0.6) is 0 Å². The van der Waals surface area contributed by atoms with Gasteiger partial charge < -0.3 is 5.43 Å². The second kappa shape index (κ2) is 6.41. The highest BCUT2D eigenvalue weighted by Crippen LogP contribution is 2.30. The molecule has 1 rings (SSSR count). The van der Waals surface area contributed by atoms with E-state index in [1.54, 1.807) is 0 Å². The van der Waals surface area contributed by atoms with Crippen LogP contribution >= 0.6 is 11.8 Å². The number of pyridine rings is 1. The van der Waals surface area contributed by atoms with E-state index in [1.807, 2.05) is 0 Å². The Kier molecular flexibility index (Phi) is 5.17. The van der Waals surface area contributed by atoms with Crippen LogP contribution in [0.2, 0.25) is 0 Å². The smallest absolute Gasteiger partial charge is 0.301 e. The Morgan fingerprint density at radius 1 is 1.65 bits per heavy atom. The van der Waals surface area contributed by atoms with E-state index in [0.717, 1.165) is 12.2 Å². The molecule has 0 saturated heterocycles. The first-order chi connectivity index (χ1) is 8.08. The number of thioether (sulfide) groups is 1. The van der Waals surface area contributed by atoms with Gasteiger partial charge >= 0.3 is 5.69 Å². The minimum atomic E-state index is -0.424. The van der Waals surface area contributed by atoms with Crippen LogP contribution in [0.15, 0.2) is 17.2 Å². The van der Waals surface area contributed by atoms with Gasteiger partial charge in [-0.3, -0.25) is 10.1 Å². The minimum absolute atomic E-state index is 0.0253. The number of hydrogen-bond donors (Lipinski definition) is 2. The third kappa shape index (κ3) is 3.86. The molecule has 0 bridgehead atoms. The maximum atomic E-state index is 10.8. The average molecular weight is 256 g/mol. The van der Waals surface area contributed by atoms with Crippen molar-refractivity contribution in [2.75, 3.05) is 11.2 Å². The molecule has 1 aromatic rings. The second-order valence-corrected chi connectivity index (χ2v) is 4.76. The van der Waals surface area contributed by atoms with Crippen LogP contribution in [0.3, 0.4) is 0 Å². The van der Waals surface area contributed by atoms with E-state index in [0.29, 0.717) is 16.8 Å². The van der Waals surface area contributed by atoms with Crippen LogP contribution in [0.1, 0.15) is 20.3 Å². The molecule has 3 N–H and O–H groups in total. The molecule has 0 aliphatic heterocycles. The number of hydrogen-bond acceptors (Lipinski definition) is 6. The van der Waals surface area contributed by atoms with E-state index in [1.165, 1.54) is 23.9 Å². The zero-order valence-corrected chi connectivity index (χ0v) is 10.7. The zero-order valence-electron chi connectivity index (χ0n) is 9.84. The Bertz CT molecular complexity index is 400. The molecule has 0 saturated carbocycles. The normalized spacial score (nSPS) is 12.2. The molecule has 17 heavy (non-hydrogen) atoms. The molecule has 94 valence electrons. The van der Waals surface area contributed by atoms with Crippen LogP contribution in [-0.2, 0) is 0 Å². The molecule has 1 aromatic heterocycles. The lowest BCUT2D eigenvalue weighted by molar-refractivity contribution is -0.388. The maximum absolute atomic E-state index is 10.8. The number of hydrazine groups is 1. The molecule has 0 aliphatic carbocycles. The Balaban J connectivity index is 2.89. The molecule has 6 nitrogen and oxygen atoms in total. The minimum Gasteiger partial charge on any atom is -0.308 e. The van der Waals surface area contributed by atoms with Gasteiger partial charge in [0.25, 0.3) is 0 Å². The van der Waals surface area contributed by atoms with Crippen molar-refractivity contribution in [1.29, 1.82) is 0 Å². The molecule has 1 unspecified atom stereocenters. The molecule has 0 radical (unpaired) electrons. The van der Waals surface area contributed by atoms with Crippen molar-refractivity contribution in [3.05, 3.63) is 22.2 Å². The van der Waals surface area contributed by atoms with Gasteiger partial charge in [-0.05, 0) is 12.0 Å². The summed E-state index contributed by atoms with van der Waals surface area (Å²) in [5.41, 5.74) is 2.41. The van der Waals surface area contributed by atoms with Crippen LogP contribution < -0.4 is 11.3 Å². The van der Waals surface area contributed by atoms with Crippen molar-refractivity contribution < 1.29 is 4.92 Å². The lowest BCUT2D eigenvalue weighted by atomic mass is 10.2. The van der Waals surface area contributed by atoms with Gasteiger partial charge in [0.1, 0.15) is 5.82 Å². The Morgan fingerprint density at radius 2 is 2.35 bits per heavy atom. The summed E-state index contributed by atoms with van der Waals surface area (Å²) < 4.78 is 0. The molecule has 7 heteroatoms. The lowest BCUT2D eigenvalue weighted by Crippen LogP contribution is -2.09. The zero-order chi connectivity index (χ0) is 12.8. The highest BCUT2D eigenvalue weighted by atomic mass is 32.2. The number of nitrogens with two attached hydrogens (primary N) is 1. The first-order valence-corrected chi connectivity index (χ1v) is 6.31.